The Bertz CT molecular complexity index is 238. The predicted octanol–water partition coefficient (Wildman–Crippen LogP) is 2.51. The van der Waals surface area contributed by atoms with Crippen LogP contribution < -0.4 is 4.74 Å². The van der Waals surface area contributed by atoms with Crippen LogP contribution in [0.25, 0.3) is 0 Å². The van der Waals surface area contributed by atoms with E-state index in [1.807, 2.05) is 13.0 Å². The smallest absolute Gasteiger partial charge is 0.189 e. The van der Waals surface area contributed by atoms with Gasteiger partial charge in [0.2, 0.25) is 0 Å². The highest BCUT2D eigenvalue weighted by molar-refractivity contribution is 6.31. The number of hydrogen-bond acceptors (Lipinski definition) is 2. The van der Waals surface area contributed by atoms with Gasteiger partial charge < -0.3 is 9.47 Å². The molecule has 1 rings (SSSR count). The summed E-state index contributed by atoms with van der Waals surface area (Å²) in [7, 11) is 0. The van der Waals surface area contributed by atoms with Gasteiger partial charge in [0, 0.05) is 12.7 Å². The highest BCUT2D eigenvalue weighted by Gasteiger charge is 1.98. The molecule has 12 heavy (non-hydrogen) atoms. The van der Waals surface area contributed by atoms with Crippen molar-refractivity contribution in [1.82, 2.24) is 0 Å². The SMILES string of the molecule is CCOCOc1ccc[c]c1Cl. The van der Waals surface area contributed by atoms with Gasteiger partial charge in [-0.3, -0.25) is 0 Å². The Kier molecular flexibility index (Phi) is 3.91. The monoisotopic (exact) mass is 185 g/mol. The van der Waals surface area contributed by atoms with Gasteiger partial charge >= 0.3 is 0 Å². The Balaban J connectivity index is 2.46. The number of rotatable bonds is 4. The molecule has 0 unspecified atom stereocenters. The zero-order valence-electron chi connectivity index (χ0n) is 6.84. The molecule has 0 aliphatic carbocycles. The zero-order valence-corrected chi connectivity index (χ0v) is 7.60. The highest BCUT2D eigenvalue weighted by atomic mass is 35.5. The molecular weight excluding hydrogens is 176 g/mol. The van der Waals surface area contributed by atoms with E-state index in [1.165, 1.54) is 0 Å². The molecule has 0 bridgehead atoms. The highest BCUT2D eigenvalue weighted by Crippen LogP contribution is 2.22. The van der Waals surface area contributed by atoms with Crippen molar-refractivity contribution < 1.29 is 9.47 Å². The third-order valence-corrected chi connectivity index (χ3v) is 1.57. The molecule has 0 spiro atoms. The number of hydrogen-bond donors (Lipinski definition) is 0. The van der Waals surface area contributed by atoms with Crippen LogP contribution in [-0.4, -0.2) is 13.4 Å². The van der Waals surface area contributed by atoms with Crippen molar-refractivity contribution in [2.75, 3.05) is 13.4 Å². The van der Waals surface area contributed by atoms with Crippen molar-refractivity contribution in [3.8, 4) is 5.75 Å². The lowest BCUT2D eigenvalue weighted by Crippen LogP contribution is -2.02. The molecule has 0 saturated heterocycles. The molecule has 0 heterocycles. The molecule has 0 aliphatic rings. The molecule has 0 fully saturated rings. The minimum absolute atomic E-state index is 0.230. The molecule has 0 aromatic heterocycles. The zero-order chi connectivity index (χ0) is 8.81. The van der Waals surface area contributed by atoms with Gasteiger partial charge in [0.1, 0.15) is 5.75 Å². The molecule has 0 atom stereocenters. The number of benzene rings is 1. The molecular formula is C9H10ClO2. The first kappa shape index (κ1) is 9.36. The lowest BCUT2D eigenvalue weighted by Gasteiger charge is -2.06. The fourth-order valence-electron chi connectivity index (χ4n) is 0.701. The second kappa shape index (κ2) is 5.01. The summed E-state index contributed by atoms with van der Waals surface area (Å²) < 4.78 is 10.2. The fraction of sp³-hybridized carbons (Fsp3) is 0.333. The Morgan fingerprint density at radius 1 is 1.58 bits per heavy atom. The summed E-state index contributed by atoms with van der Waals surface area (Å²) in [6.45, 7) is 2.77. The lowest BCUT2D eigenvalue weighted by molar-refractivity contribution is 0.0224. The summed E-state index contributed by atoms with van der Waals surface area (Å²) in [5.41, 5.74) is 0. The van der Waals surface area contributed by atoms with Gasteiger partial charge in [-0.15, -0.1) is 0 Å². The average Bonchev–Trinajstić information content (AvgIpc) is 2.09. The Morgan fingerprint density at radius 3 is 3.08 bits per heavy atom. The van der Waals surface area contributed by atoms with Gasteiger partial charge in [-0.1, -0.05) is 23.7 Å². The summed E-state index contributed by atoms with van der Waals surface area (Å²) in [6, 6.07) is 8.13. The van der Waals surface area contributed by atoms with Crippen LogP contribution in [0.2, 0.25) is 5.02 Å². The third kappa shape index (κ3) is 2.72. The molecule has 1 radical (unpaired) electrons. The largest absolute Gasteiger partial charge is 0.466 e. The molecule has 65 valence electrons. The summed E-state index contributed by atoms with van der Waals surface area (Å²) in [5.74, 6) is 0.604. The van der Waals surface area contributed by atoms with Crippen molar-refractivity contribution in [3.05, 3.63) is 29.3 Å². The van der Waals surface area contributed by atoms with Crippen LogP contribution in [0.4, 0.5) is 0 Å². The van der Waals surface area contributed by atoms with Crippen LogP contribution in [0.15, 0.2) is 18.2 Å². The molecule has 0 amide bonds. The second-order valence-corrected chi connectivity index (χ2v) is 2.48. The van der Waals surface area contributed by atoms with Gasteiger partial charge in [0.25, 0.3) is 0 Å². The minimum atomic E-state index is 0.230. The first-order valence-electron chi connectivity index (χ1n) is 3.71. The van der Waals surface area contributed by atoms with Gasteiger partial charge in [0.05, 0.1) is 5.02 Å². The summed E-state index contributed by atoms with van der Waals surface area (Å²) >= 11 is 5.77. The van der Waals surface area contributed by atoms with Crippen LogP contribution >= 0.6 is 11.6 Å². The van der Waals surface area contributed by atoms with E-state index in [1.54, 1.807) is 12.1 Å². The number of halogens is 1. The maximum absolute atomic E-state index is 5.77. The van der Waals surface area contributed by atoms with E-state index in [4.69, 9.17) is 21.1 Å². The molecule has 1 aromatic rings. The van der Waals surface area contributed by atoms with E-state index in [-0.39, 0.29) is 6.79 Å². The molecule has 3 heteroatoms. The topological polar surface area (TPSA) is 18.5 Å². The van der Waals surface area contributed by atoms with Crippen molar-refractivity contribution in [3.63, 3.8) is 0 Å². The van der Waals surface area contributed by atoms with Crippen molar-refractivity contribution in [2.24, 2.45) is 0 Å². The van der Waals surface area contributed by atoms with Crippen LogP contribution in [0.3, 0.4) is 0 Å². The average molecular weight is 186 g/mol. The normalized spacial score (nSPS) is 9.83. The van der Waals surface area contributed by atoms with Crippen LogP contribution in [0, 0.1) is 6.07 Å². The Hall–Kier alpha value is -0.730. The van der Waals surface area contributed by atoms with Gasteiger partial charge in [-0.2, -0.15) is 0 Å². The van der Waals surface area contributed by atoms with Crippen LogP contribution in [0.5, 0.6) is 5.75 Å². The third-order valence-electron chi connectivity index (χ3n) is 1.27. The standard InChI is InChI=1S/C9H10ClO2/c1-2-11-7-12-9-6-4-3-5-8(9)10/h3-4,6H,2,7H2,1H3. The predicted molar refractivity (Wildman–Crippen MR) is 47.4 cm³/mol. The van der Waals surface area contributed by atoms with Crippen molar-refractivity contribution >= 4 is 11.6 Å². The summed E-state index contributed by atoms with van der Waals surface area (Å²) in [5, 5.41) is 0.484. The maximum atomic E-state index is 5.77. The molecule has 0 aliphatic heterocycles. The van der Waals surface area contributed by atoms with E-state index in [9.17, 15) is 0 Å². The number of ether oxygens (including phenoxy) is 2. The van der Waals surface area contributed by atoms with Crippen LogP contribution in [0.1, 0.15) is 6.92 Å². The first-order chi connectivity index (χ1) is 5.84. The van der Waals surface area contributed by atoms with Gasteiger partial charge in [-0.25, -0.2) is 0 Å². The van der Waals surface area contributed by atoms with Gasteiger partial charge in [-0.05, 0) is 13.0 Å². The van der Waals surface area contributed by atoms with Crippen molar-refractivity contribution in [1.29, 1.82) is 0 Å². The van der Waals surface area contributed by atoms with Crippen molar-refractivity contribution in [2.45, 2.75) is 6.92 Å². The Labute approximate surface area is 77.1 Å². The van der Waals surface area contributed by atoms with E-state index < -0.39 is 0 Å². The molecule has 0 saturated carbocycles. The van der Waals surface area contributed by atoms with E-state index in [0.717, 1.165) is 0 Å². The van der Waals surface area contributed by atoms with E-state index in [0.29, 0.717) is 17.4 Å². The maximum Gasteiger partial charge on any atom is 0.189 e. The minimum Gasteiger partial charge on any atom is -0.466 e. The Morgan fingerprint density at radius 2 is 2.42 bits per heavy atom. The lowest BCUT2D eigenvalue weighted by atomic mass is 10.3. The summed E-state index contributed by atoms with van der Waals surface area (Å²) in [6.07, 6.45) is 0. The molecule has 0 N–H and O–H groups in total. The quantitative estimate of drug-likeness (QED) is 0.530. The van der Waals surface area contributed by atoms with E-state index in [2.05, 4.69) is 6.07 Å². The summed E-state index contributed by atoms with van der Waals surface area (Å²) in [4.78, 5) is 0. The molecule has 1 aromatic carbocycles. The first-order valence-corrected chi connectivity index (χ1v) is 4.09. The molecule has 2 nitrogen and oxygen atoms in total. The fourth-order valence-corrected chi connectivity index (χ4v) is 0.882. The van der Waals surface area contributed by atoms with E-state index >= 15 is 0 Å². The van der Waals surface area contributed by atoms with Crippen LogP contribution in [-0.2, 0) is 4.74 Å². The van der Waals surface area contributed by atoms with Gasteiger partial charge in [0.15, 0.2) is 6.79 Å². The second-order valence-electron chi connectivity index (χ2n) is 2.10.